The standard InChI is InChI=1S/C20H17F3N4O2/c1-19(2,12-4-6-13(7-5-12)20(21,22)23)11-15(28)14-10-16(29)27-18(26-14)17-24-8-3-9-25-17/h3-10H,11H2,1-2H3,(H,26,27,29). The molecule has 29 heavy (non-hydrogen) atoms. The summed E-state index contributed by atoms with van der Waals surface area (Å²) >= 11 is 0. The summed E-state index contributed by atoms with van der Waals surface area (Å²) in [7, 11) is 0. The van der Waals surface area contributed by atoms with Crippen LogP contribution >= 0.6 is 0 Å². The van der Waals surface area contributed by atoms with Gasteiger partial charge in [0.2, 0.25) is 0 Å². The minimum atomic E-state index is -4.43. The van der Waals surface area contributed by atoms with Crippen LogP contribution in [-0.4, -0.2) is 25.7 Å². The van der Waals surface area contributed by atoms with Crippen LogP contribution < -0.4 is 5.56 Å². The van der Waals surface area contributed by atoms with E-state index >= 15 is 0 Å². The number of aromatic amines is 1. The van der Waals surface area contributed by atoms with Crippen molar-refractivity contribution in [2.45, 2.75) is 31.9 Å². The quantitative estimate of drug-likeness (QED) is 0.656. The van der Waals surface area contributed by atoms with E-state index in [4.69, 9.17) is 0 Å². The van der Waals surface area contributed by atoms with Crippen LogP contribution in [0.5, 0.6) is 0 Å². The molecule has 0 fully saturated rings. The average Bonchev–Trinajstić information content (AvgIpc) is 2.67. The highest BCUT2D eigenvalue weighted by atomic mass is 19.4. The molecule has 0 aliphatic carbocycles. The second-order valence-electron chi connectivity index (χ2n) is 7.11. The maximum Gasteiger partial charge on any atom is 0.416 e. The maximum atomic E-state index is 12.8. The van der Waals surface area contributed by atoms with Gasteiger partial charge in [-0.05, 0) is 29.2 Å². The number of ketones is 1. The van der Waals surface area contributed by atoms with Gasteiger partial charge in [0.05, 0.1) is 5.56 Å². The van der Waals surface area contributed by atoms with Gasteiger partial charge >= 0.3 is 6.18 Å². The van der Waals surface area contributed by atoms with E-state index < -0.39 is 28.5 Å². The molecule has 2 aromatic heterocycles. The molecule has 1 aromatic carbocycles. The molecule has 9 heteroatoms. The van der Waals surface area contributed by atoms with Crippen LogP contribution in [0.2, 0.25) is 0 Å². The summed E-state index contributed by atoms with van der Waals surface area (Å²) in [5, 5.41) is 0. The summed E-state index contributed by atoms with van der Waals surface area (Å²) < 4.78 is 38.3. The van der Waals surface area contributed by atoms with Crippen molar-refractivity contribution in [3.05, 3.63) is 76.0 Å². The minimum Gasteiger partial charge on any atom is -0.304 e. The first-order chi connectivity index (χ1) is 13.6. The van der Waals surface area contributed by atoms with Crippen LogP contribution in [0, 0.1) is 0 Å². The number of aromatic nitrogens is 4. The number of hydrogen-bond donors (Lipinski definition) is 1. The molecular weight excluding hydrogens is 385 g/mol. The molecule has 0 saturated carbocycles. The Morgan fingerprint density at radius 3 is 2.21 bits per heavy atom. The summed E-state index contributed by atoms with van der Waals surface area (Å²) in [6.45, 7) is 3.48. The van der Waals surface area contributed by atoms with E-state index in [0.717, 1.165) is 18.2 Å². The molecule has 0 aliphatic rings. The lowest BCUT2D eigenvalue weighted by molar-refractivity contribution is -0.137. The van der Waals surface area contributed by atoms with E-state index in [1.165, 1.54) is 24.5 Å². The summed E-state index contributed by atoms with van der Waals surface area (Å²) in [5.41, 5.74) is -1.55. The lowest BCUT2D eigenvalue weighted by Gasteiger charge is -2.25. The Bertz CT molecular complexity index is 1080. The van der Waals surface area contributed by atoms with Crippen LogP contribution in [0.4, 0.5) is 13.2 Å². The first kappa shape index (κ1) is 20.4. The molecule has 0 saturated heterocycles. The fourth-order valence-corrected chi connectivity index (χ4v) is 2.83. The van der Waals surface area contributed by atoms with Gasteiger partial charge in [0.15, 0.2) is 17.4 Å². The van der Waals surface area contributed by atoms with E-state index in [-0.39, 0.29) is 23.8 Å². The van der Waals surface area contributed by atoms with Crippen LogP contribution in [-0.2, 0) is 11.6 Å². The number of nitrogens with zero attached hydrogens (tertiary/aromatic N) is 3. The Morgan fingerprint density at radius 2 is 1.62 bits per heavy atom. The molecule has 6 nitrogen and oxygen atoms in total. The highest BCUT2D eigenvalue weighted by Gasteiger charge is 2.32. The van der Waals surface area contributed by atoms with Gasteiger partial charge < -0.3 is 4.98 Å². The van der Waals surface area contributed by atoms with Gasteiger partial charge in [0.25, 0.3) is 5.56 Å². The smallest absolute Gasteiger partial charge is 0.304 e. The summed E-state index contributed by atoms with van der Waals surface area (Å²) in [6, 6.07) is 7.35. The minimum absolute atomic E-state index is 0.0517. The molecule has 0 radical (unpaired) electrons. The molecule has 0 bridgehead atoms. The maximum absolute atomic E-state index is 12.8. The van der Waals surface area contributed by atoms with Gasteiger partial charge in [0, 0.05) is 24.9 Å². The largest absolute Gasteiger partial charge is 0.416 e. The van der Waals surface area contributed by atoms with Crippen molar-refractivity contribution in [3.8, 4) is 11.6 Å². The number of carbonyl (C=O) groups excluding carboxylic acids is 1. The van der Waals surface area contributed by atoms with Crippen LogP contribution in [0.25, 0.3) is 11.6 Å². The molecule has 0 aliphatic heterocycles. The summed E-state index contributed by atoms with van der Waals surface area (Å²) in [6.07, 6.45) is -1.53. The number of benzene rings is 1. The van der Waals surface area contributed by atoms with Crippen LogP contribution in [0.1, 0.15) is 41.9 Å². The summed E-state index contributed by atoms with van der Waals surface area (Å²) in [4.78, 5) is 39.3. The highest BCUT2D eigenvalue weighted by molar-refractivity contribution is 5.95. The normalized spacial score (nSPS) is 12.0. The predicted octanol–water partition coefficient (Wildman–Crippen LogP) is 3.80. The van der Waals surface area contributed by atoms with Crippen molar-refractivity contribution < 1.29 is 18.0 Å². The van der Waals surface area contributed by atoms with Crippen LogP contribution in [0.15, 0.2) is 53.6 Å². The van der Waals surface area contributed by atoms with Crippen molar-refractivity contribution in [3.63, 3.8) is 0 Å². The van der Waals surface area contributed by atoms with Crippen LogP contribution in [0.3, 0.4) is 0 Å². The van der Waals surface area contributed by atoms with Crippen molar-refractivity contribution in [1.29, 1.82) is 0 Å². The first-order valence-electron chi connectivity index (χ1n) is 8.66. The SMILES string of the molecule is CC(C)(CC(=O)c1cc(=O)[nH]c(-c2ncccn2)n1)c1ccc(C(F)(F)F)cc1. The zero-order valence-electron chi connectivity index (χ0n) is 15.6. The van der Waals surface area contributed by atoms with Gasteiger partial charge in [-0.3, -0.25) is 9.59 Å². The average molecular weight is 402 g/mol. The van der Waals surface area contributed by atoms with Gasteiger partial charge in [0.1, 0.15) is 5.69 Å². The third kappa shape index (κ3) is 4.74. The zero-order valence-corrected chi connectivity index (χ0v) is 15.6. The number of halogens is 3. The van der Waals surface area contributed by atoms with Gasteiger partial charge in [-0.25, -0.2) is 15.0 Å². The molecule has 150 valence electrons. The highest BCUT2D eigenvalue weighted by Crippen LogP contribution is 2.33. The third-order valence-electron chi connectivity index (χ3n) is 4.40. The number of nitrogens with one attached hydrogen (secondary N) is 1. The Labute approximate surface area is 163 Å². The zero-order chi connectivity index (χ0) is 21.2. The second-order valence-corrected chi connectivity index (χ2v) is 7.11. The number of carbonyl (C=O) groups is 1. The molecule has 3 rings (SSSR count). The number of Topliss-reactive ketones (excluding diaryl/α,β-unsaturated/α-hetero) is 1. The lowest BCUT2D eigenvalue weighted by atomic mass is 9.79. The Hall–Kier alpha value is -3.36. The van der Waals surface area contributed by atoms with E-state index in [9.17, 15) is 22.8 Å². The monoisotopic (exact) mass is 402 g/mol. The van der Waals surface area contributed by atoms with E-state index in [1.54, 1.807) is 19.9 Å². The topological polar surface area (TPSA) is 88.6 Å². The van der Waals surface area contributed by atoms with E-state index in [0.29, 0.717) is 5.56 Å². The first-order valence-corrected chi connectivity index (χ1v) is 8.66. The van der Waals surface area contributed by atoms with Gasteiger partial charge in [-0.15, -0.1) is 0 Å². The predicted molar refractivity (Wildman–Crippen MR) is 99.3 cm³/mol. The van der Waals surface area contributed by atoms with Crippen molar-refractivity contribution in [2.75, 3.05) is 0 Å². The van der Waals surface area contributed by atoms with Gasteiger partial charge in [-0.2, -0.15) is 13.2 Å². The van der Waals surface area contributed by atoms with E-state index in [1.807, 2.05) is 0 Å². The number of hydrogen-bond acceptors (Lipinski definition) is 5. The fourth-order valence-electron chi connectivity index (χ4n) is 2.83. The van der Waals surface area contributed by atoms with Crippen molar-refractivity contribution in [2.24, 2.45) is 0 Å². The molecule has 0 amide bonds. The molecule has 0 atom stereocenters. The number of H-pyrrole nitrogens is 1. The fraction of sp³-hybridized carbons (Fsp3) is 0.250. The summed E-state index contributed by atoms with van der Waals surface area (Å²) in [5.74, 6) is -0.187. The lowest BCUT2D eigenvalue weighted by Crippen LogP contribution is -2.24. The van der Waals surface area contributed by atoms with E-state index in [2.05, 4.69) is 19.9 Å². The number of rotatable bonds is 5. The molecule has 2 heterocycles. The Kier molecular flexibility index (Phi) is 5.32. The number of alkyl halides is 3. The third-order valence-corrected chi connectivity index (χ3v) is 4.40. The Balaban J connectivity index is 1.86. The molecule has 0 spiro atoms. The molecular formula is C20H17F3N4O2. The molecule has 0 unspecified atom stereocenters. The molecule has 1 N–H and O–H groups in total. The second kappa shape index (κ2) is 7.57. The van der Waals surface area contributed by atoms with Gasteiger partial charge in [-0.1, -0.05) is 26.0 Å². The van der Waals surface area contributed by atoms with Crippen molar-refractivity contribution >= 4 is 5.78 Å². The molecule has 3 aromatic rings. The Morgan fingerprint density at radius 1 is 1.03 bits per heavy atom. The van der Waals surface area contributed by atoms with Crippen molar-refractivity contribution in [1.82, 2.24) is 19.9 Å².